The number of alkyl halides is 2. The van der Waals surface area contributed by atoms with Crippen molar-refractivity contribution in [3.63, 3.8) is 0 Å². The fraction of sp³-hybridized carbons (Fsp3) is 0.500. The number of rotatable bonds is 14. The Labute approximate surface area is 173 Å². The number of nitrogens with one attached hydrogen (secondary N) is 2. The van der Waals surface area contributed by atoms with E-state index in [1.54, 1.807) is 13.1 Å². The second-order valence-corrected chi connectivity index (χ2v) is 7.22. The van der Waals surface area contributed by atoms with E-state index in [9.17, 15) is 22.8 Å². The van der Waals surface area contributed by atoms with Gasteiger partial charge in [-0.15, -0.1) is 0 Å². The molecule has 0 fully saturated rings. The monoisotopic (exact) mass is 432 g/mol. The molecule has 0 bridgehead atoms. The van der Waals surface area contributed by atoms with Gasteiger partial charge in [0.05, 0.1) is 0 Å². The SMILES string of the molecule is CNC(=O)C(CC=O)C/C=C/CCSNC(C)c1ccc(F)c(OCC(F)F)c1. The first kappa shape index (κ1) is 25.0. The molecule has 0 aliphatic rings. The molecule has 1 rings (SSSR count). The summed E-state index contributed by atoms with van der Waals surface area (Å²) in [5.41, 5.74) is 0.723. The Morgan fingerprint density at radius 1 is 1.28 bits per heavy atom. The highest BCUT2D eigenvalue weighted by Gasteiger charge is 2.14. The summed E-state index contributed by atoms with van der Waals surface area (Å²) in [5.74, 6) is -0.605. The van der Waals surface area contributed by atoms with Gasteiger partial charge in [-0.1, -0.05) is 30.2 Å². The van der Waals surface area contributed by atoms with Gasteiger partial charge in [0.15, 0.2) is 11.6 Å². The number of carbonyl (C=O) groups is 2. The highest BCUT2D eigenvalue weighted by Crippen LogP contribution is 2.24. The third kappa shape index (κ3) is 9.85. The van der Waals surface area contributed by atoms with Crippen molar-refractivity contribution in [3.8, 4) is 5.75 Å². The van der Waals surface area contributed by atoms with Crippen molar-refractivity contribution >= 4 is 24.1 Å². The largest absolute Gasteiger partial charge is 0.485 e. The lowest BCUT2D eigenvalue weighted by molar-refractivity contribution is -0.126. The van der Waals surface area contributed by atoms with E-state index in [2.05, 4.69) is 10.0 Å². The van der Waals surface area contributed by atoms with Gasteiger partial charge in [0, 0.05) is 31.2 Å². The summed E-state index contributed by atoms with van der Waals surface area (Å²) >= 11 is 1.47. The Morgan fingerprint density at radius 2 is 2.03 bits per heavy atom. The van der Waals surface area contributed by atoms with E-state index in [1.807, 2.05) is 19.1 Å². The summed E-state index contributed by atoms with van der Waals surface area (Å²) in [6.07, 6.45) is 3.38. The number of carbonyl (C=O) groups excluding carboxylic acids is 2. The summed E-state index contributed by atoms with van der Waals surface area (Å²) in [6.45, 7) is 1.03. The van der Waals surface area contributed by atoms with Gasteiger partial charge in [0.1, 0.15) is 12.9 Å². The Balaban J connectivity index is 2.38. The van der Waals surface area contributed by atoms with Crippen molar-refractivity contribution in [2.45, 2.75) is 38.7 Å². The van der Waals surface area contributed by atoms with Gasteiger partial charge in [-0.25, -0.2) is 13.2 Å². The predicted molar refractivity (Wildman–Crippen MR) is 109 cm³/mol. The minimum Gasteiger partial charge on any atom is -0.485 e. The number of aldehydes is 1. The van der Waals surface area contributed by atoms with Crippen LogP contribution in [0.2, 0.25) is 0 Å². The molecule has 1 aromatic rings. The van der Waals surface area contributed by atoms with Crippen LogP contribution in [0.4, 0.5) is 13.2 Å². The van der Waals surface area contributed by atoms with Crippen LogP contribution >= 0.6 is 11.9 Å². The van der Waals surface area contributed by atoms with Crippen LogP contribution in [-0.4, -0.2) is 38.0 Å². The molecule has 0 radical (unpaired) electrons. The van der Waals surface area contributed by atoms with E-state index >= 15 is 0 Å². The van der Waals surface area contributed by atoms with Gasteiger partial charge in [-0.2, -0.15) is 0 Å². The first-order chi connectivity index (χ1) is 13.9. The van der Waals surface area contributed by atoms with E-state index in [4.69, 9.17) is 4.74 Å². The Hall–Kier alpha value is -2.00. The number of allylic oxidation sites excluding steroid dienone is 2. The van der Waals surface area contributed by atoms with Crippen molar-refractivity contribution in [2.75, 3.05) is 19.4 Å². The smallest absolute Gasteiger partial charge is 0.272 e. The molecular weight excluding hydrogens is 405 g/mol. The van der Waals surface area contributed by atoms with E-state index in [0.717, 1.165) is 24.0 Å². The molecule has 2 unspecified atom stereocenters. The number of benzene rings is 1. The molecule has 162 valence electrons. The summed E-state index contributed by atoms with van der Waals surface area (Å²) < 4.78 is 46.1. The molecule has 29 heavy (non-hydrogen) atoms. The fourth-order valence-electron chi connectivity index (χ4n) is 2.44. The maximum Gasteiger partial charge on any atom is 0.272 e. The zero-order valence-electron chi connectivity index (χ0n) is 16.5. The molecule has 1 aromatic carbocycles. The molecule has 0 aliphatic heterocycles. The van der Waals surface area contributed by atoms with Gasteiger partial charge < -0.3 is 14.8 Å². The third-order valence-corrected chi connectivity index (χ3v) is 5.01. The molecule has 1 amide bonds. The molecular formula is C20H27F3N2O3S. The lowest BCUT2D eigenvalue weighted by Crippen LogP contribution is -2.27. The van der Waals surface area contributed by atoms with Crippen LogP contribution in [0.3, 0.4) is 0 Å². The quantitative estimate of drug-likeness (QED) is 0.201. The van der Waals surface area contributed by atoms with Crippen molar-refractivity contribution in [2.24, 2.45) is 5.92 Å². The van der Waals surface area contributed by atoms with Gasteiger partial charge in [0.2, 0.25) is 5.91 Å². The predicted octanol–water partition coefficient (Wildman–Crippen LogP) is 4.06. The van der Waals surface area contributed by atoms with Crippen LogP contribution in [-0.2, 0) is 9.59 Å². The lowest BCUT2D eigenvalue weighted by Gasteiger charge is -2.15. The average Bonchev–Trinajstić information content (AvgIpc) is 2.70. The van der Waals surface area contributed by atoms with Gasteiger partial charge in [-0.05, 0) is 37.5 Å². The minimum absolute atomic E-state index is 0.135. The Kier molecular flexibility index (Phi) is 12.1. The van der Waals surface area contributed by atoms with Gasteiger partial charge in [-0.3, -0.25) is 9.52 Å². The van der Waals surface area contributed by atoms with Crippen LogP contribution in [0.25, 0.3) is 0 Å². The van der Waals surface area contributed by atoms with E-state index in [-0.39, 0.29) is 30.0 Å². The first-order valence-electron chi connectivity index (χ1n) is 9.27. The molecule has 0 aromatic heterocycles. The summed E-state index contributed by atoms with van der Waals surface area (Å²) in [5, 5.41) is 2.54. The second kappa shape index (κ2) is 14.1. The Bertz CT molecular complexity index is 674. The first-order valence-corrected chi connectivity index (χ1v) is 10.3. The van der Waals surface area contributed by atoms with Crippen LogP contribution in [0.1, 0.15) is 37.8 Å². The van der Waals surface area contributed by atoms with Gasteiger partial charge in [0.25, 0.3) is 6.43 Å². The normalized spacial score (nSPS) is 13.4. The molecule has 5 nitrogen and oxygen atoms in total. The van der Waals surface area contributed by atoms with Gasteiger partial charge >= 0.3 is 0 Å². The van der Waals surface area contributed by atoms with Crippen molar-refractivity contribution in [1.29, 1.82) is 0 Å². The molecule has 0 aliphatic carbocycles. The third-order valence-electron chi connectivity index (χ3n) is 4.05. The average molecular weight is 433 g/mol. The standard InChI is InChI=1S/C20H27F3N2O3S/c1-14(16-7-8-17(21)18(12-16)28-13-19(22)23)25-29-11-5-3-4-6-15(9-10-26)20(27)24-2/h3-4,7-8,10,12,14-15,19,25H,5-6,9,11,13H2,1-2H3,(H,24,27)/b4-3+. The molecule has 2 atom stereocenters. The minimum atomic E-state index is -2.66. The Morgan fingerprint density at radius 3 is 2.69 bits per heavy atom. The summed E-state index contributed by atoms with van der Waals surface area (Å²) in [4.78, 5) is 22.2. The fourth-order valence-corrected chi connectivity index (χ4v) is 3.20. The molecule has 9 heteroatoms. The number of hydrogen-bond donors (Lipinski definition) is 2. The maximum absolute atomic E-state index is 13.6. The zero-order valence-corrected chi connectivity index (χ0v) is 17.3. The highest BCUT2D eigenvalue weighted by molar-refractivity contribution is 7.97. The van der Waals surface area contributed by atoms with Crippen molar-refractivity contribution in [3.05, 3.63) is 41.7 Å². The number of halogens is 3. The molecule has 0 saturated heterocycles. The van der Waals surface area contributed by atoms with Crippen LogP contribution in [0, 0.1) is 11.7 Å². The van der Waals surface area contributed by atoms with E-state index < -0.39 is 18.8 Å². The molecule has 0 saturated carbocycles. The maximum atomic E-state index is 13.6. The van der Waals surface area contributed by atoms with E-state index in [0.29, 0.717) is 6.42 Å². The second-order valence-electron chi connectivity index (χ2n) is 6.29. The zero-order chi connectivity index (χ0) is 21.6. The summed E-state index contributed by atoms with van der Waals surface area (Å²) in [7, 11) is 1.54. The topological polar surface area (TPSA) is 67.4 Å². The van der Waals surface area contributed by atoms with E-state index in [1.165, 1.54) is 24.1 Å². The van der Waals surface area contributed by atoms with Crippen molar-refractivity contribution in [1.82, 2.24) is 10.0 Å². The molecule has 0 heterocycles. The van der Waals surface area contributed by atoms with Crippen LogP contribution in [0.5, 0.6) is 5.75 Å². The lowest BCUT2D eigenvalue weighted by atomic mass is 10.0. The van der Waals surface area contributed by atoms with Crippen LogP contribution in [0.15, 0.2) is 30.4 Å². The van der Waals surface area contributed by atoms with Crippen molar-refractivity contribution < 1.29 is 27.5 Å². The summed E-state index contributed by atoms with van der Waals surface area (Å²) in [6, 6.07) is 4.06. The van der Waals surface area contributed by atoms with Crippen LogP contribution < -0.4 is 14.8 Å². The number of ether oxygens (including phenoxy) is 1. The highest BCUT2D eigenvalue weighted by atomic mass is 32.2. The number of hydrogen-bond acceptors (Lipinski definition) is 5. The molecule has 0 spiro atoms. The number of amides is 1. The molecule has 2 N–H and O–H groups in total.